The van der Waals surface area contributed by atoms with Crippen molar-refractivity contribution in [1.29, 1.82) is 0 Å². The Morgan fingerprint density at radius 1 is 1.24 bits per heavy atom. The fourth-order valence-electron chi connectivity index (χ4n) is 2.69. The fourth-order valence-corrected chi connectivity index (χ4v) is 2.69. The molecule has 2 amide bonds. The molecule has 1 saturated heterocycles. The van der Waals surface area contributed by atoms with Gasteiger partial charge in [-0.2, -0.15) is 0 Å². The molecule has 2 aromatic rings. The van der Waals surface area contributed by atoms with Gasteiger partial charge in [-0.05, 0) is 18.4 Å². The number of carbonyl (C=O) groups is 1. The van der Waals surface area contributed by atoms with Crippen LogP contribution in [0.15, 0.2) is 49.1 Å². The van der Waals surface area contributed by atoms with Crippen LogP contribution in [-0.4, -0.2) is 33.6 Å². The van der Waals surface area contributed by atoms with E-state index in [-0.39, 0.29) is 12.1 Å². The molecule has 2 heterocycles. The number of rotatable bonds is 4. The van der Waals surface area contributed by atoms with Crippen molar-refractivity contribution < 1.29 is 4.79 Å². The Hall–Kier alpha value is -2.30. The molecule has 21 heavy (non-hydrogen) atoms. The molecule has 1 aliphatic heterocycles. The van der Waals surface area contributed by atoms with Gasteiger partial charge in [-0.25, -0.2) is 9.78 Å². The Morgan fingerprint density at radius 2 is 2.00 bits per heavy atom. The van der Waals surface area contributed by atoms with Gasteiger partial charge in [0, 0.05) is 32.0 Å². The van der Waals surface area contributed by atoms with Crippen molar-refractivity contribution in [3.8, 4) is 0 Å². The maximum Gasteiger partial charge on any atom is 0.317 e. The number of nitrogens with zero attached hydrogens (tertiary/aromatic N) is 3. The summed E-state index contributed by atoms with van der Waals surface area (Å²) in [6.45, 7) is 2.40. The SMILES string of the molecule is O=C(NC(Cn1ccnc1)c1ccccc1)N1CCCC1. The van der Waals surface area contributed by atoms with Crippen LogP contribution < -0.4 is 5.32 Å². The molecule has 0 aliphatic carbocycles. The third kappa shape index (κ3) is 3.42. The van der Waals surface area contributed by atoms with E-state index in [4.69, 9.17) is 0 Å². The average molecular weight is 284 g/mol. The Balaban J connectivity index is 1.73. The molecular weight excluding hydrogens is 264 g/mol. The lowest BCUT2D eigenvalue weighted by Gasteiger charge is -2.24. The van der Waals surface area contributed by atoms with Crippen LogP contribution in [0.3, 0.4) is 0 Å². The van der Waals surface area contributed by atoms with Gasteiger partial charge >= 0.3 is 6.03 Å². The Morgan fingerprint density at radius 3 is 2.67 bits per heavy atom. The number of urea groups is 1. The lowest BCUT2D eigenvalue weighted by Crippen LogP contribution is -2.41. The van der Waals surface area contributed by atoms with Crippen molar-refractivity contribution in [2.24, 2.45) is 0 Å². The van der Waals surface area contributed by atoms with Crippen molar-refractivity contribution in [1.82, 2.24) is 19.8 Å². The van der Waals surface area contributed by atoms with Gasteiger partial charge in [0.25, 0.3) is 0 Å². The number of nitrogens with one attached hydrogen (secondary N) is 1. The first kappa shape index (κ1) is 13.7. The lowest BCUT2D eigenvalue weighted by molar-refractivity contribution is 0.203. The lowest BCUT2D eigenvalue weighted by atomic mass is 10.1. The van der Waals surface area contributed by atoms with E-state index in [1.165, 1.54) is 0 Å². The molecule has 0 spiro atoms. The molecule has 1 fully saturated rings. The highest BCUT2D eigenvalue weighted by atomic mass is 16.2. The minimum Gasteiger partial charge on any atom is -0.335 e. The highest BCUT2D eigenvalue weighted by Gasteiger charge is 2.21. The molecule has 5 nitrogen and oxygen atoms in total. The zero-order valence-corrected chi connectivity index (χ0v) is 12.0. The Labute approximate surface area is 124 Å². The highest BCUT2D eigenvalue weighted by Crippen LogP contribution is 2.16. The summed E-state index contributed by atoms with van der Waals surface area (Å²) in [6.07, 6.45) is 7.65. The Kier molecular flexibility index (Phi) is 4.19. The van der Waals surface area contributed by atoms with E-state index in [1.807, 2.05) is 46.0 Å². The average Bonchev–Trinajstić information content (AvgIpc) is 3.21. The summed E-state index contributed by atoms with van der Waals surface area (Å²) in [5.74, 6) is 0. The summed E-state index contributed by atoms with van der Waals surface area (Å²) in [5.41, 5.74) is 1.11. The molecule has 3 rings (SSSR count). The quantitative estimate of drug-likeness (QED) is 0.937. The molecule has 0 radical (unpaired) electrons. The van der Waals surface area contributed by atoms with Gasteiger partial charge in [0.15, 0.2) is 0 Å². The molecule has 0 saturated carbocycles. The first-order valence-corrected chi connectivity index (χ1v) is 7.39. The largest absolute Gasteiger partial charge is 0.335 e. The number of amides is 2. The smallest absolute Gasteiger partial charge is 0.317 e. The third-order valence-electron chi connectivity index (χ3n) is 3.85. The minimum absolute atomic E-state index is 0.0291. The third-order valence-corrected chi connectivity index (χ3v) is 3.85. The fraction of sp³-hybridized carbons (Fsp3) is 0.375. The van der Waals surface area contributed by atoms with Gasteiger partial charge in [0.2, 0.25) is 0 Å². The van der Waals surface area contributed by atoms with Gasteiger partial charge in [-0.1, -0.05) is 30.3 Å². The number of carbonyl (C=O) groups excluding carboxylic acids is 1. The Bertz CT molecular complexity index is 561. The van der Waals surface area contributed by atoms with E-state index in [0.717, 1.165) is 31.5 Å². The van der Waals surface area contributed by atoms with Gasteiger partial charge in [-0.3, -0.25) is 0 Å². The van der Waals surface area contributed by atoms with E-state index in [1.54, 1.807) is 12.5 Å². The van der Waals surface area contributed by atoms with E-state index in [9.17, 15) is 4.79 Å². The zero-order chi connectivity index (χ0) is 14.5. The van der Waals surface area contributed by atoms with Gasteiger partial charge in [-0.15, -0.1) is 0 Å². The van der Waals surface area contributed by atoms with Crippen molar-refractivity contribution in [3.63, 3.8) is 0 Å². The summed E-state index contributed by atoms with van der Waals surface area (Å²) in [4.78, 5) is 18.3. The van der Waals surface area contributed by atoms with Crippen molar-refractivity contribution in [2.45, 2.75) is 25.4 Å². The van der Waals surface area contributed by atoms with Crippen LogP contribution in [0.4, 0.5) is 4.79 Å². The van der Waals surface area contributed by atoms with Crippen molar-refractivity contribution in [3.05, 3.63) is 54.6 Å². The number of imidazole rings is 1. The van der Waals surface area contributed by atoms with E-state index < -0.39 is 0 Å². The second-order valence-corrected chi connectivity index (χ2v) is 5.37. The second kappa shape index (κ2) is 6.43. The molecule has 1 unspecified atom stereocenters. The van der Waals surface area contributed by atoms with E-state index >= 15 is 0 Å². The molecule has 5 heteroatoms. The monoisotopic (exact) mass is 284 g/mol. The first-order chi connectivity index (χ1) is 10.3. The molecule has 1 aromatic carbocycles. The molecule has 1 atom stereocenters. The normalized spacial score (nSPS) is 15.9. The second-order valence-electron chi connectivity index (χ2n) is 5.37. The molecule has 0 bridgehead atoms. The van der Waals surface area contributed by atoms with Gasteiger partial charge in [0.1, 0.15) is 0 Å². The molecule has 110 valence electrons. The van der Waals surface area contributed by atoms with Crippen LogP contribution in [0, 0.1) is 0 Å². The number of likely N-dealkylation sites (tertiary alicyclic amines) is 1. The maximum atomic E-state index is 12.3. The van der Waals surface area contributed by atoms with Crippen LogP contribution in [0.5, 0.6) is 0 Å². The highest BCUT2D eigenvalue weighted by molar-refractivity contribution is 5.75. The summed E-state index contributed by atoms with van der Waals surface area (Å²) >= 11 is 0. The van der Waals surface area contributed by atoms with Crippen molar-refractivity contribution >= 4 is 6.03 Å². The zero-order valence-electron chi connectivity index (χ0n) is 12.0. The standard InChI is InChI=1S/C16H20N4O/c21-16(20-9-4-5-10-20)18-15(12-19-11-8-17-13-19)14-6-2-1-3-7-14/h1-3,6-8,11,13,15H,4-5,9-10,12H2,(H,18,21). The number of hydrogen-bond acceptors (Lipinski definition) is 2. The maximum absolute atomic E-state index is 12.3. The predicted octanol–water partition coefficient (Wildman–Crippen LogP) is 2.43. The van der Waals surface area contributed by atoms with E-state index in [0.29, 0.717) is 6.54 Å². The topological polar surface area (TPSA) is 50.2 Å². The molecule has 1 aromatic heterocycles. The predicted molar refractivity (Wildman–Crippen MR) is 80.7 cm³/mol. The van der Waals surface area contributed by atoms with Crippen LogP contribution in [0.2, 0.25) is 0 Å². The summed E-state index contributed by atoms with van der Waals surface area (Å²) < 4.78 is 1.99. The number of hydrogen-bond donors (Lipinski definition) is 1. The van der Waals surface area contributed by atoms with Crippen LogP contribution >= 0.6 is 0 Å². The summed E-state index contributed by atoms with van der Waals surface area (Å²) in [6, 6.07) is 10.1. The van der Waals surface area contributed by atoms with Crippen molar-refractivity contribution in [2.75, 3.05) is 13.1 Å². The van der Waals surface area contributed by atoms with Gasteiger partial charge < -0.3 is 14.8 Å². The summed E-state index contributed by atoms with van der Waals surface area (Å²) in [7, 11) is 0. The summed E-state index contributed by atoms with van der Waals surface area (Å²) in [5, 5.41) is 3.15. The number of aromatic nitrogens is 2. The van der Waals surface area contributed by atoms with Gasteiger partial charge in [0.05, 0.1) is 12.4 Å². The first-order valence-electron chi connectivity index (χ1n) is 7.39. The molecule has 1 aliphatic rings. The van der Waals surface area contributed by atoms with E-state index in [2.05, 4.69) is 10.3 Å². The molecule has 1 N–H and O–H groups in total. The minimum atomic E-state index is -0.0477. The number of benzene rings is 1. The molecular formula is C16H20N4O. The van der Waals surface area contributed by atoms with Crippen LogP contribution in [0.1, 0.15) is 24.4 Å². The van der Waals surface area contributed by atoms with Crippen LogP contribution in [0.25, 0.3) is 0 Å². The van der Waals surface area contributed by atoms with Crippen LogP contribution in [-0.2, 0) is 6.54 Å².